The lowest BCUT2D eigenvalue weighted by atomic mass is 9.44. The van der Waals surface area contributed by atoms with Gasteiger partial charge in [0.05, 0.1) is 0 Å². The third-order valence-electron chi connectivity index (χ3n) is 10.6. The Bertz CT molecular complexity index is 805. The predicted octanol–water partition coefficient (Wildman–Crippen LogP) is 6.12. The number of carbonyl (C=O) groups excluding carboxylic acids is 2. The van der Waals surface area contributed by atoms with Gasteiger partial charge in [-0.1, -0.05) is 19.8 Å². The van der Waals surface area contributed by atoms with Crippen molar-refractivity contribution in [2.24, 2.45) is 40.4 Å². The molecule has 0 aromatic carbocycles. The van der Waals surface area contributed by atoms with Crippen molar-refractivity contribution in [2.45, 2.75) is 117 Å². The molecule has 0 spiro atoms. The molecule has 4 rings (SSSR count). The maximum absolute atomic E-state index is 12.3. The summed E-state index contributed by atoms with van der Waals surface area (Å²) >= 11 is 0. The average molecular weight is 441 g/mol. The van der Waals surface area contributed by atoms with Crippen LogP contribution in [-0.4, -0.2) is 22.3 Å². The Morgan fingerprint density at radius 3 is 2.38 bits per heavy atom. The molecule has 4 saturated carbocycles. The summed E-state index contributed by atoms with van der Waals surface area (Å²) in [5.41, 5.74) is -0.290. The van der Waals surface area contributed by atoms with Crippen LogP contribution in [0.1, 0.15) is 111 Å². The fourth-order valence-corrected chi connectivity index (χ4v) is 8.84. The van der Waals surface area contributed by atoms with Crippen molar-refractivity contribution < 1.29 is 14.7 Å². The lowest BCUT2D eigenvalue weighted by Crippen LogP contribution is -2.56. The highest BCUT2D eigenvalue weighted by Gasteiger charge is 2.61. The number of fused-ring (bicyclic) bond motifs is 5. The summed E-state index contributed by atoms with van der Waals surface area (Å²) in [6.07, 6.45) is 13.2. The number of hydrogen-bond donors (Lipinski definition) is 1. The van der Waals surface area contributed by atoms with E-state index in [1.807, 2.05) is 6.92 Å². The van der Waals surface area contributed by atoms with Gasteiger partial charge in [0.25, 0.3) is 0 Å². The summed E-state index contributed by atoms with van der Waals surface area (Å²) in [5.74, 6) is 10.2. The molecule has 0 saturated heterocycles. The Morgan fingerprint density at radius 2 is 1.66 bits per heavy atom. The molecule has 0 amide bonds. The summed E-state index contributed by atoms with van der Waals surface area (Å²) in [4.78, 5) is 23.4. The van der Waals surface area contributed by atoms with Crippen LogP contribution in [0, 0.1) is 52.3 Å². The number of hydrogen-bond acceptors (Lipinski definition) is 3. The molecule has 4 fully saturated rings. The molecule has 8 atom stereocenters. The number of Topliss-reactive ketones (excluding diaryl/α,β-unsaturated/α-hetero) is 2. The second kappa shape index (κ2) is 8.90. The van der Waals surface area contributed by atoms with E-state index in [2.05, 4.69) is 25.7 Å². The van der Waals surface area contributed by atoms with E-state index in [9.17, 15) is 14.7 Å². The Balaban J connectivity index is 1.41. The molecule has 0 unspecified atom stereocenters. The highest BCUT2D eigenvalue weighted by molar-refractivity contribution is 5.79. The zero-order chi connectivity index (χ0) is 23.1. The standard InChI is InChI=1S/C29H44O3/c1-20(30)9-7-5-6-8-15-29(32)18-17-27(3)22(19-29)10-11-23-25-13-12-24(21(2)31)28(25,4)16-14-26(23)27/h22-26,32H,5-7,9-14,16-19H2,1-4H3/t22-,23+,24-,25+,26+,27+,28-,29-/m1/s1. The normalized spacial score (nSPS) is 45.1. The van der Waals surface area contributed by atoms with Crippen molar-refractivity contribution in [1.82, 2.24) is 0 Å². The molecular formula is C29H44O3. The van der Waals surface area contributed by atoms with E-state index in [0.29, 0.717) is 29.5 Å². The van der Waals surface area contributed by atoms with Crippen LogP contribution in [-0.2, 0) is 9.59 Å². The summed E-state index contributed by atoms with van der Waals surface area (Å²) < 4.78 is 0. The van der Waals surface area contributed by atoms with Crippen LogP contribution in [0.25, 0.3) is 0 Å². The maximum atomic E-state index is 12.3. The van der Waals surface area contributed by atoms with Crippen molar-refractivity contribution in [1.29, 1.82) is 0 Å². The quantitative estimate of drug-likeness (QED) is 0.414. The first-order valence-electron chi connectivity index (χ1n) is 13.3. The van der Waals surface area contributed by atoms with Crippen LogP contribution in [0.15, 0.2) is 0 Å². The van der Waals surface area contributed by atoms with Crippen molar-refractivity contribution in [3.8, 4) is 11.8 Å². The van der Waals surface area contributed by atoms with Crippen molar-refractivity contribution in [2.75, 3.05) is 0 Å². The average Bonchev–Trinajstić information content (AvgIpc) is 3.08. The van der Waals surface area contributed by atoms with E-state index >= 15 is 0 Å². The molecule has 1 N–H and O–H groups in total. The van der Waals surface area contributed by atoms with Gasteiger partial charge in [-0.15, -0.1) is 5.92 Å². The zero-order valence-electron chi connectivity index (χ0n) is 20.8. The van der Waals surface area contributed by atoms with E-state index in [1.54, 1.807) is 6.92 Å². The Morgan fingerprint density at radius 1 is 0.906 bits per heavy atom. The topological polar surface area (TPSA) is 54.4 Å². The molecule has 0 aromatic rings. The molecule has 32 heavy (non-hydrogen) atoms. The second-order valence-electron chi connectivity index (χ2n) is 12.4. The van der Waals surface area contributed by atoms with Gasteiger partial charge in [-0.3, -0.25) is 4.79 Å². The van der Waals surface area contributed by atoms with Crippen LogP contribution in [0.3, 0.4) is 0 Å². The van der Waals surface area contributed by atoms with Crippen LogP contribution in [0.5, 0.6) is 0 Å². The van der Waals surface area contributed by atoms with Gasteiger partial charge in [-0.05, 0) is 119 Å². The molecule has 0 bridgehead atoms. The third-order valence-corrected chi connectivity index (χ3v) is 10.6. The minimum Gasteiger partial charge on any atom is -0.378 e. The predicted molar refractivity (Wildman–Crippen MR) is 128 cm³/mol. The van der Waals surface area contributed by atoms with Crippen molar-refractivity contribution in [3.63, 3.8) is 0 Å². The molecule has 4 aliphatic rings. The maximum Gasteiger partial charge on any atom is 0.133 e. The van der Waals surface area contributed by atoms with Gasteiger partial charge in [0.15, 0.2) is 0 Å². The smallest absolute Gasteiger partial charge is 0.133 e. The summed E-state index contributed by atoms with van der Waals surface area (Å²) in [6, 6.07) is 0. The van der Waals surface area contributed by atoms with E-state index in [0.717, 1.165) is 56.8 Å². The van der Waals surface area contributed by atoms with Gasteiger partial charge in [0.2, 0.25) is 0 Å². The Labute approximate surface area is 195 Å². The molecule has 4 aliphatic carbocycles. The number of ketones is 2. The van der Waals surface area contributed by atoms with Gasteiger partial charge in [0, 0.05) is 18.8 Å². The number of carbonyl (C=O) groups is 2. The Hall–Kier alpha value is -1.14. The largest absolute Gasteiger partial charge is 0.378 e. The van der Waals surface area contributed by atoms with Gasteiger partial charge in [-0.25, -0.2) is 0 Å². The SMILES string of the molecule is CC(=O)CCCCC#C[C@@]1(O)CC[C@@]2(C)[C@H](CC[C@@H]3[C@@H]2CC[C@]2(C)[C@@H](C(C)=O)CC[C@@H]32)C1. The van der Waals surface area contributed by atoms with E-state index in [-0.39, 0.29) is 17.1 Å². The second-order valence-corrected chi connectivity index (χ2v) is 12.4. The molecule has 3 nitrogen and oxygen atoms in total. The minimum atomic E-state index is -0.826. The molecule has 0 aromatic heterocycles. The number of rotatable bonds is 5. The van der Waals surface area contributed by atoms with Gasteiger partial charge in [0.1, 0.15) is 17.2 Å². The van der Waals surface area contributed by atoms with E-state index in [4.69, 9.17) is 0 Å². The molecule has 0 heterocycles. The highest BCUT2D eigenvalue weighted by atomic mass is 16.3. The summed E-state index contributed by atoms with van der Waals surface area (Å²) in [6.45, 7) is 8.40. The first-order chi connectivity index (χ1) is 15.1. The van der Waals surface area contributed by atoms with Crippen LogP contribution in [0.2, 0.25) is 0 Å². The van der Waals surface area contributed by atoms with E-state index < -0.39 is 5.60 Å². The van der Waals surface area contributed by atoms with Crippen LogP contribution in [0.4, 0.5) is 0 Å². The van der Waals surface area contributed by atoms with Gasteiger partial charge >= 0.3 is 0 Å². The number of unbranched alkanes of at least 4 members (excludes halogenated alkanes) is 2. The van der Waals surface area contributed by atoms with Crippen LogP contribution >= 0.6 is 0 Å². The van der Waals surface area contributed by atoms with Crippen molar-refractivity contribution in [3.05, 3.63) is 0 Å². The van der Waals surface area contributed by atoms with Crippen molar-refractivity contribution >= 4 is 11.6 Å². The minimum absolute atomic E-state index is 0.222. The molecule has 0 radical (unpaired) electrons. The van der Waals surface area contributed by atoms with Gasteiger partial charge in [-0.2, -0.15) is 0 Å². The molecule has 3 heteroatoms. The molecular weight excluding hydrogens is 396 g/mol. The van der Waals surface area contributed by atoms with Crippen LogP contribution < -0.4 is 0 Å². The fraction of sp³-hybridized carbons (Fsp3) is 0.862. The monoisotopic (exact) mass is 440 g/mol. The zero-order valence-corrected chi connectivity index (χ0v) is 20.8. The number of aliphatic hydroxyl groups is 1. The molecule has 0 aliphatic heterocycles. The fourth-order valence-electron chi connectivity index (χ4n) is 8.84. The Kier molecular flexibility index (Phi) is 6.68. The third kappa shape index (κ3) is 4.22. The first kappa shape index (κ1) is 24.0. The van der Waals surface area contributed by atoms with Gasteiger partial charge < -0.3 is 9.90 Å². The summed E-state index contributed by atoms with van der Waals surface area (Å²) in [7, 11) is 0. The first-order valence-corrected chi connectivity index (χ1v) is 13.3. The lowest BCUT2D eigenvalue weighted by Gasteiger charge is -2.61. The van der Waals surface area contributed by atoms with E-state index in [1.165, 1.54) is 32.1 Å². The molecule has 178 valence electrons. The highest BCUT2D eigenvalue weighted by Crippen LogP contribution is 2.68. The summed E-state index contributed by atoms with van der Waals surface area (Å²) in [5, 5.41) is 11.3. The lowest BCUT2D eigenvalue weighted by molar-refractivity contribution is -0.144.